The lowest BCUT2D eigenvalue weighted by Gasteiger charge is -2.32. The van der Waals surface area contributed by atoms with Crippen molar-refractivity contribution in [1.82, 2.24) is 19.8 Å². The number of rotatable bonds is 8. The molecule has 8 nitrogen and oxygen atoms in total. The Balaban J connectivity index is 1.56. The van der Waals surface area contributed by atoms with E-state index < -0.39 is 10.0 Å². The maximum absolute atomic E-state index is 12.0. The van der Waals surface area contributed by atoms with Crippen LogP contribution < -0.4 is 10.6 Å². The summed E-state index contributed by atoms with van der Waals surface area (Å²) in [6.45, 7) is 7.61. The van der Waals surface area contributed by atoms with Crippen LogP contribution in [0.4, 0.5) is 0 Å². The van der Waals surface area contributed by atoms with Gasteiger partial charge in [0.1, 0.15) is 0 Å². The average molecular weight is 450 g/mol. The molecule has 0 aliphatic carbocycles. The molecule has 0 bridgehead atoms. The second kappa shape index (κ2) is 10.9. The van der Waals surface area contributed by atoms with Crippen molar-refractivity contribution < 1.29 is 13.2 Å². The van der Waals surface area contributed by atoms with E-state index in [4.69, 9.17) is 4.99 Å². The molecule has 0 saturated carbocycles. The second-order valence-electron chi connectivity index (χ2n) is 8.15. The van der Waals surface area contributed by atoms with Gasteiger partial charge in [-0.05, 0) is 44.2 Å². The fourth-order valence-corrected chi connectivity index (χ4v) is 5.19. The molecule has 31 heavy (non-hydrogen) atoms. The molecule has 2 aliphatic rings. The quantitative estimate of drug-likeness (QED) is 0.465. The Kier molecular flexibility index (Phi) is 8.31. The van der Waals surface area contributed by atoms with Gasteiger partial charge in [-0.2, -0.15) is 0 Å². The normalized spacial score (nSPS) is 19.1. The third-order valence-electron chi connectivity index (χ3n) is 5.85. The van der Waals surface area contributed by atoms with E-state index in [0.29, 0.717) is 32.6 Å². The van der Waals surface area contributed by atoms with E-state index in [-0.39, 0.29) is 17.7 Å². The fourth-order valence-electron chi connectivity index (χ4n) is 4.06. The van der Waals surface area contributed by atoms with E-state index in [1.807, 2.05) is 17.9 Å². The maximum atomic E-state index is 12.0. The van der Waals surface area contributed by atoms with Gasteiger partial charge < -0.3 is 15.5 Å². The standard InChI is InChI=1S/C22H35N5O3S/c1-3-23-22(25-20-10-13-27(14-11-20)31(29,30)4-2)24-16-18-7-5-8-19(15-18)17-26-12-6-9-21(26)28/h5,7-8,15,20H,3-4,6,9-14,16-17H2,1-2H3,(H2,23,24,25). The number of hydrogen-bond acceptors (Lipinski definition) is 4. The first-order valence-electron chi connectivity index (χ1n) is 11.3. The molecule has 172 valence electrons. The molecular formula is C22H35N5O3S. The Morgan fingerprint density at radius 3 is 2.55 bits per heavy atom. The van der Waals surface area contributed by atoms with Crippen LogP contribution in [0.3, 0.4) is 0 Å². The number of piperidine rings is 1. The Morgan fingerprint density at radius 1 is 1.16 bits per heavy atom. The number of guanidine groups is 1. The van der Waals surface area contributed by atoms with E-state index in [1.54, 1.807) is 11.2 Å². The molecule has 2 heterocycles. The predicted octanol–water partition coefficient (Wildman–Crippen LogP) is 1.68. The van der Waals surface area contributed by atoms with Gasteiger partial charge in [-0.15, -0.1) is 0 Å². The fraction of sp³-hybridized carbons (Fsp3) is 0.636. The van der Waals surface area contributed by atoms with Crippen LogP contribution in [0.25, 0.3) is 0 Å². The molecule has 0 unspecified atom stereocenters. The number of aliphatic imine (C=N–C) groups is 1. The zero-order chi connectivity index (χ0) is 22.3. The van der Waals surface area contributed by atoms with Crippen LogP contribution in [-0.4, -0.2) is 67.5 Å². The van der Waals surface area contributed by atoms with Crippen molar-refractivity contribution in [3.05, 3.63) is 35.4 Å². The van der Waals surface area contributed by atoms with Gasteiger partial charge in [0.2, 0.25) is 15.9 Å². The number of carbonyl (C=O) groups is 1. The molecule has 0 atom stereocenters. The van der Waals surface area contributed by atoms with Gasteiger partial charge in [-0.1, -0.05) is 24.3 Å². The second-order valence-corrected chi connectivity index (χ2v) is 10.4. The van der Waals surface area contributed by atoms with E-state index >= 15 is 0 Å². The van der Waals surface area contributed by atoms with Crippen molar-refractivity contribution in [2.24, 2.45) is 4.99 Å². The molecule has 9 heteroatoms. The molecule has 1 aromatic carbocycles. The predicted molar refractivity (Wildman–Crippen MR) is 123 cm³/mol. The molecule has 1 aromatic rings. The van der Waals surface area contributed by atoms with Crippen LogP contribution in [0.1, 0.15) is 50.7 Å². The molecule has 0 radical (unpaired) electrons. The van der Waals surface area contributed by atoms with Crippen molar-refractivity contribution in [1.29, 1.82) is 0 Å². The highest BCUT2D eigenvalue weighted by atomic mass is 32.2. The lowest BCUT2D eigenvalue weighted by atomic mass is 10.1. The Bertz CT molecular complexity index is 879. The van der Waals surface area contributed by atoms with Crippen molar-refractivity contribution in [3.8, 4) is 0 Å². The summed E-state index contributed by atoms with van der Waals surface area (Å²) in [6.07, 6.45) is 3.14. The average Bonchev–Trinajstić information content (AvgIpc) is 3.17. The SMILES string of the molecule is CCNC(=NCc1cccc(CN2CCCC2=O)c1)NC1CCN(S(=O)(=O)CC)CC1. The van der Waals surface area contributed by atoms with Crippen LogP contribution in [0.2, 0.25) is 0 Å². The van der Waals surface area contributed by atoms with Crippen molar-refractivity contribution >= 4 is 21.9 Å². The number of amides is 1. The van der Waals surface area contributed by atoms with Gasteiger partial charge in [-0.3, -0.25) is 4.79 Å². The Morgan fingerprint density at radius 2 is 1.90 bits per heavy atom. The Hall–Kier alpha value is -2.13. The maximum Gasteiger partial charge on any atom is 0.222 e. The lowest BCUT2D eigenvalue weighted by Crippen LogP contribution is -2.50. The highest BCUT2D eigenvalue weighted by Gasteiger charge is 2.27. The summed E-state index contributed by atoms with van der Waals surface area (Å²) >= 11 is 0. The van der Waals surface area contributed by atoms with Crippen LogP contribution >= 0.6 is 0 Å². The van der Waals surface area contributed by atoms with E-state index in [1.165, 1.54) is 0 Å². The monoisotopic (exact) mass is 449 g/mol. The number of nitrogens with zero attached hydrogens (tertiary/aromatic N) is 3. The molecule has 3 rings (SSSR count). The largest absolute Gasteiger partial charge is 0.357 e. The summed E-state index contributed by atoms with van der Waals surface area (Å²) in [5, 5.41) is 6.75. The summed E-state index contributed by atoms with van der Waals surface area (Å²) in [7, 11) is -3.11. The third-order valence-corrected chi connectivity index (χ3v) is 7.73. The zero-order valence-corrected chi connectivity index (χ0v) is 19.5. The molecule has 2 saturated heterocycles. The molecule has 2 aliphatic heterocycles. The van der Waals surface area contributed by atoms with Gasteiger partial charge in [-0.25, -0.2) is 17.7 Å². The van der Waals surface area contributed by atoms with Crippen LogP contribution in [-0.2, 0) is 27.9 Å². The number of benzene rings is 1. The molecule has 2 fully saturated rings. The molecule has 1 amide bonds. The summed E-state index contributed by atoms with van der Waals surface area (Å²) in [4.78, 5) is 18.5. The van der Waals surface area contributed by atoms with Crippen molar-refractivity contribution in [2.45, 2.75) is 58.7 Å². The zero-order valence-electron chi connectivity index (χ0n) is 18.6. The highest BCUT2D eigenvalue weighted by Crippen LogP contribution is 2.16. The van der Waals surface area contributed by atoms with Crippen molar-refractivity contribution in [3.63, 3.8) is 0 Å². The number of nitrogens with one attached hydrogen (secondary N) is 2. The molecule has 0 spiro atoms. The first kappa shape index (κ1) is 23.5. The number of hydrogen-bond donors (Lipinski definition) is 2. The van der Waals surface area contributed by atoms with E-state index in [2.05, 4.69) is 28.8 Å². The Labute approximate surface area is 186 Å². The highest BCUT2D eigenvalue weighted by molar-refractivity contribution is 7.89. The summed E-state index contributed by atoms with van der Waals surface area (Å²) < 4.78 is 25.7. The minimum Gasteiger partial charge on any atom is -0.357 e. The number of carbonyl (C=O) groups excluding carboxylic acids is 1. The van der Waals surface area contributed by atoms with E-state index in [0.717, 1.165) is 49.4 Å². The number of sulfonamides is 1. The topological polar surface area (TPSA) is 94.1 Å². The minimum absolute atomic E-state index is 0.153. The van der Waals surface area contributed by atoms with Gasteiger partial charge in [0.15, 0.2) is 5.96 Å². The van der Waals surface area contributed by atoms with Crippen LogP contribution in [0, 0.1) is 0 Å². The number of likely N-dealkylation sites (tertiary alicyclic amines) is 1. The van der Waals surface area contributed by atoms with Gasteiger partial charge >= 0.3 is 0 Å². The third kappa shape index (κ3) is 6.67. The smallest absolute Gasteiger partial charge is 0.222 e. The minimum atomic E-state index is -3.11. The van der Waals surface area contributed by atoms with Gasteiger partial charge in [0.25, 0.3) is 0 Å². The van der Waals surface area contributed by atoms with Crippen molar-refractivity contribution in [2.75, 3.05) is 31.9 Å². The first-order chi connectivity index (χ1) is 14.9. The summed E-state index contributed by atoms with van der Waals surface area (Å²) in [6, 6.07) is 8.45. The summed E-state index contributed by atoms with van der Waals surface area (Å²) in [5.74, 6) is 1.14. The first-order valence-corrected chi connectivity index (χ1v) is 12.9. The van der Waals surface area contributed by atoms with Crippen LogP contribution in [0.15, 0.2) is 29.3 Å². The van der Waals surface area contributed by atoms with E-state index in [9.17, 15) is 13.2 Å². The van der Waals surface area contributed by atoms with Gasteiger partial charge in [0.05, 0.1) is 12.3 Å². The molecule has 0 aromatic heterocycles. The molecular weight excluding hydrogens is 414 g/mol. The summed E-state index contributed by atoms with van der Waals surface area (Å²) in [5.41, 5.74) is 2.23. The van der Waals surface area contributed by atoms with Crippen LogP contribution in [0.5, 0.6) is 0 Å². The lowest BCUT2D eigenvalue weighted by molar-refractivity contribution is -0.128. The molecule has 2 N–H and O–H groups in total. The van der Waals surface area contributed by atoms with Gasteiger partial charge in [0, 0.05) is 45.2 Å².